The Hall–Kier alpha value is -0.0800. The van der Waals surface area contributed by atoms with E-state index in [1.165, 1.54) is 57.9 Å². The third-order valence-corrected chi connectivity index (χ3v) is 4.51. The monoisotopic (exact) mass is 239 g/mol. The molecule has 0 aliphatic heterocycles. The quantitative estimate of drug-likeness (QED) is 0.766. The molecule has 1 N–H and O–H groups in total. The van der Waals surface area contributed by atoms with Gasteiger partial charge in [0.25, 0.3) is 0 Å². The summed E-state index contributed by atoms with van der Waals surface area (Å²) in [4.78, 5) is 0. The highest BCUT2D eigenvalue weighted by Crippen LogP contribution is 2.33. The second-order valence-corrected chi connectivity index (χ2v) is 5.87. The summed E-state index contributed by atoms with van der Waals surface area (Å²) < 4.78 is 6.30. The first-order valence-corrected chi connectivity index (χ1v) is 7.72. The highest BCUT2D eigenvalue weighted by molar-refractivity contribution is 4.88. The Balaban J connectivity index is 1.64. The summed E-state index contributed by atoms with van der Waals surface area (Å²) in [5.41, 5.74) is 0. The molecule has 17 heavy (non-hydrogen) atoms. The molecular formula is C15H29NO. The maximum Gasteiger partial charge on any atom is 0.0608 e. The van der Waals surface area contributed by atoms with Crippen LogP contribution in [0.15, 0.2) is 0 Å². The number of hydrogen-bond donors (Lipinski definition) is 1. The lowest BCUT2D eigenvalue weighted by Gasteiger charge is -2.41. The summed E-state index contributed by atoms with van der Waals surface area (Å²) in [6.45, 7) is 5.71. The van der Waals surface area contributed by atoms with Gasteiger partial charge >= 0.3 is 0 Å². The van der Waals surface area contributed by atoms with Crippen molar-refractivity contribution in [1.29, 1.82) is 0 Å². The molecule has 0 spiro atoms. The molecule has 0 saturated heterocycles. The van der Waals surface area contributed by atoms with Crippen LogP contribution in [0.5, 0.6) is 0 Å². The van der Waals surface area contributed by atoms with E-state index in [4.69, 9.17) is 4.74 Å². The molecule has 0 aromatic heterocycles. The van der Waals surface area contributed by atoms with E-state index in [-0.39, 0.29) is 0 Å². The maximum atomic E-state index is 6.30. The van der Waals surface area contributed by atoms with Crippen molar-refractivity contribution in [3.63, 3.8) is 0 Å². The number of rotatable bonds is 6. The zero-order valence-electron chi connectivity index (χ0n) is 11.6. The number of ether oxygens (including phenoxy) is 1. The second kappa shape index (κ2) is 6.75. The van der Waals surface area contributed by atoms with Crippen LogP contribution in [0.25, 0.3) is 0 Å². The van der Waals surface area contributed by atoms with E-state index in [0.717, 1.165) is 12.0 Å². The predicted molar refractivity (Wildman–Crippen MR) is 72.2 cm³/mol. The fraction of sp³-hybridized carbons (Fsp3) is 1.00. The molecule has 2 rings (SSSR count). The summed E-state index contributed by atoms with van der Waals surface area (Å²) >= 11 is 0. The van der Waals surface area contributed by atoms with Crippen molar-refractivity contribution in [2.24, 2.45) is 5.92 Å². The molecule has 0 aromatic rings. The van der Waals surface area contributed by atoms with Crippen LogP contribution in [0, 0.1) is 5.92 Å². The molecule has 2 unspecified atom stereocenters. The molecular weight excluding hydrogens is 210 g/mol. The molecule has 2 atom stereocenters. The zero-order chi connectivity index (χ0) is 12.1. The van der Waals surface area contributed by atoms with Crippen LogP contribution in [-0.4, -0.2) is 24.8 Å². The minimum absolute atomic E-state index is 0.557. The van der Waals surface area contributed by atoms with Gasteiger partial charge in [-0.3, -0.25) is 0 Å². The highest BCUT2D eigenvalue weighted by atomic mass is 16.5. The average Bonchev–Trinajstić information content (AvgIpc) is 2.32. The van der Waals surface area contributed by atoms with Crippen LogP contribution in [-0.2, 0) is 4.74 Å². The summed E-state index contributed by atoms with van der Waals surface area (Å²) in [6.07, 6.45) is 11.7. The van der Waals surface area contributed by atoms with E-state index < -0.39 is 0 Å². The van der Waals surface area contributed by atoms with Crippen molar-refractivity contribution in [2.45, 2.75) is 83.5 Å². The Bertz CT molecular complexity index is 213. The van der Waals surface area contributed by atoms with Gasteiger partial charge in [-0.25, -0.2) is 0 Å². The van der Waals surface area contributed by atoms with E-state index in [1.807, 2.05) is 0 Å². The second-order valence-electron chi connectivity index (χ2n) is 5.87. The van der Waals surface area contributed by atoms with Crippen molar-refractivity contribution in [3.8, 4) is 0 Å². The zero-order valence-corrected chi connectivity index (χ0v) is 11.6. The summed E-state index contributed by atoms with van der Waals surface area (Å²) in [5.74, 6) is 0.839. The topological polar surface area (TPSA) is 21.3 Å². The van der Waals surface area contributed by atoms with Gasteiger partial charge in [0.15, 0.2) is 0 Å². The molecule has 0 heterocycles. The fourth-order valence-corrected chi connectivity index (χ4v) is 3.26. The first-order valence-electron chi connectivity index (χ1n) is 7.72. The van der Waals surface area contributed by atoms with Gasteiger partial charge in [-0.2, -0.15) is 0 Å². The average molecular weight is 239 g/mol. The molecule has 2 aliphatic carbocycles. The third-order valence-electron chi connectivity index (χ3n) is 4.51. The normalized spacial score (nSPS) is 37.8. The van der Waals surface area contributed by atoms with Gasteiger partial charge < -0.3 is 10.1 Å². The van der Waals surface area contributed by atoms with Gasteiger partial charge in [0.1, 0.15) is 0 Å². The Labute approximate surface area is 107 Å². The maximum absolute atomic E-state index is 6.30. The van der Waals surface area contributed by atoms with E-state index in [1.54, 1.807) is 0 Å². The van der Waals surface area contributed by atoms with Crippen molar-refractivity contribution in [3.05, 3.63) is 0 Å². The molecule has 2 nitrogen and oxygen atoms in total. The summed E-state index contributed by atoms with van der Waals surface area (Å²) in [6, 6.07) is 0.739. The Kier molecular flexibility index (Phi) is 5.30. The first kappa shape index (κ1) is 13.4. The Morgan fingerprint density at radius 1 is 1.12 bits per heavy atom. The van der Waals surface area contributed by atoms with Gasteiger partial charge in [0.05, 0.1) is 12.2 Å². The lowest BCUT2D eigenvalue weighted by Crippen LogP contribution is -2.47. The molecule has 2 heteroatoms. The molecule has 2 saturated carbocycles. The van der Waals surface area contributed by atoms with Crippen LogP contribution in [0.3, 0.4) is 0 Å². The van der Waals surface area contributed by atoms with Gasteiger partial charge in [0.2, 0.25) is 0 Å². The van der Waals surface area contributed by atoms with Gasteiger partial charge in [-0.05, 0) is 44.6 Å². The smallest absolute Gasteiger partial charge is 0.0608 e. The molecule has 0 bridgehead atoms. The van der Waals surface area contributed by atoms with E-state index in [2.05, 4.69) is 19.2 Å². The molecule has 0 amide bonds. The highest BCUT2D eigenvalue weighted by Gasteiger charge is 2.34. The van der Waals surface area contributed by atoms with Crippen LogP contribution in [0.4, 0.5) is 0 Å². The third kappa shape index (κ3) is 3.69. The van der Waals surface area contributed by atoms with Gasteiger partial charge in [0, 0.05) is 6.04 Å². The summed E-state index contributed by atoms with van der Waals surface area (Å²) in [5, 5.41) is 3.58. The largest absolute Gasteiger partial charge is 0.375 e. The van der Waals surface area contributed by atoms with E-state index in [0.29, 0.717) is 12.2 Å². The number of hydrogen-bond acceptors (Lipinski definition) is 2. The SMILES string of the molecule is CCCNC1CC(OC2CCCCC2CC)C1. The van der Waals surface area contributed by atoms with Crippen molar-refractivity contribution >= 4 is 0 Å². The molecule has 0 aromatic carbocycles. The van der Waals surface area contributed by atoms with Gasteiger partial charge in [-0.1, -0.05) is 33.1 Å². The minimum atomic E-state index is 0.557. The Morgan fingerprint density at radius 3 is 2.59 bits per heavy atom. The summed E-state index contributed by atoms with van der Waals surface area (Å²) in [7, 11) is 0. The van der Waals surface area contributed by atoms with E-state index >= 15 is 0 Å². The van der Waals surface area contributed by atoms with Crippen LogP contribution in [0.2, 0.25) is 0 Å². The van der Waals surface area contributed by atoms with Crippen molar-refractivity contribution in [1.82, 2.24) is 5.32 Å². The van der Waals surface area contributed by atoms with Crippen LogP contribution >= 0.6 is 0 Å². The molecule has 2 aliphatic rings. The molecule has 0 radical (unpaired) electrons. The number of nitrogens with one attached hydrogen (secondary N) is 1. The van der Waals surface area contributed by atoms with Crippen molar-refractivity contribution < 1.29 is 4.74 Å². The van der Waals surface area contributed by atoms with Crippen molar-refractivity contribution in [2.75, 3.05) is 6.54 Å². The first-order chi connectivity index (χ1) is 8.33. The predicted octanol–water partition coefficient (Wildman–Crippen LogP) is 3.50. The van der Waals surface area contributed by atoms with Crippen LogP contribution in [0.1, 0.15) is 65.2 Å². The lowest BCUT2D eigenvalue weighted by atomic mass is 9.83. The molecule has 2 fully saturated rings. The Morgan fingerprint density at radius 2 is 1.88 bits per heavy atom. The fourth-order valence-electron chi connectivity index (χ4n) is 3.26. The lowest BCUT2D eigenvalue weighted by molar-refractivity contribution is -0.0993. The molecule has 100 valence electrons. The minimum Gasteiger partial charge on any atom is -0.375 e. The van der Waals surface area contributed by atoms with Crippen LogP contribution < -0.4 is 5.32 Å². The standard InChI is InChI=1S/C15H29NO/c1-3-9-16-13-10-14(11-13)17-15-8-6-5-7-12(15)4-2/h12-16H,3-11H2,1-2H3. The van der Waals surface area contributed by atoms with E-state index in [9.17, 15) is 0 Å². The van der Waals surface area contributed by atoms with Gasteiger partial charge in [-0.15, -0.1) is 0 Å².